The van der Waals surface area contributed by atoms with Crippen LogP contribution in [0.15, 0.2) is 18.2 Å². The van der Waals surface area contributed by atoms with Gasteiger partial charge in [0, 0.05) is 6.32 Å². The van der Waals surface area contributed by atoms with Crippen molar-refractivity contribution in [1.29, 1.82) is 0 Å². The highest BCUT2D eigenvalue weighted by molar-refractivity contribution is 6.45. The molecular weight excluding hydrogens is 274 g/mol. The Labute approximate surface area is 124 Å². The summed E-state index contributed by atoms with van der Waals surface area (Å²) < 4.78 is 30.3. The summed E-state index contributed by atoms with van der Waals surface area (Å²) in [6.07, 6.45) is 0.292. The van der Waals surface area contributed by atoms with Crippen LogP contribution in [0.2, 0.25) is 0 Å². The molecule has 0 saturated carbocycles. The first-order chi connectivity index (χ1) is 9.66. The highest BCUT2D eigenvalue weighted by Crippen LogP contribution is 2.37. The van der Waals surface area contributed by atoms with Gasteiger partial charge in [-0.05, 0) is 45.4 Å². The number of methoxy groups -OCH3 is 1. The van der Waals surface area contributed by atoms with Crippen LogP contribution in [0.4, 0.5) is 4.39 Å². The summed E-state index contributed by atoms with van der Waals surface area (Å²) >= 11 is 0. The first-order valence-corrected chi connectivity index (χ1v) is 6.88. The second kappa shape index (κ2) is 5.42. The lowest BCUT2D eigenvalue weighted by Crippen LogP contribution is -2.41. The molecule has 0 aromatic heterocycles. The molecule has 0 radical (unpaired) electrons. The van der Waals surface area contributed by atoms with Gasteiger partial charge in [-0.2, -0.15) is 0 Å². The predicted octanol–water partition coefficient (Wildman–Crippen LogP) is 2.79. The molecule has 0 spiro atoms. The van der Waals surface area contributed by atoms with Crippen molar-refractivity contribution in [3.63, 3.8) is 0 Å². The van der Waals surface area contributed by atoms with Gasteiger partial charge < -0.3 is 14.0 Å². The zero-order valence-corrected chi connectivity index (χ0v) is 13.0. The van der Waals surface area contributed by atoms with Crippen molar-refractivity contribution < 1.29 is 23.2 Å². The van der Waals surface area contributed by atoms with Crippen molar-refractivity contribution in [3.05, 3.63) is 35.1 Å². The van der Waals surface area contributed by atoms with E-state index < -0.39 is 30.1 Å². The average Bonchev–Trinajstić information content (AvgIpc) is 2.59. The molecule has 0 N–H and O–H groups in total. The van der Waals surface area contributed by atoms with Crippen LogP contribution in [0.1, 0.15) is 43.6 Å². The molecule has 1 fully saturated rings. The number of carbonyl (C=O) groups excluding carboxylic acids is 1. The Morgan fingerprint density at radius 1 is 1.24 bits per heavy atom. The average molecular weight is 294 g/mol. The SMILES string of the molecule is COC(=O)c1ccc(CB2OC(C)(C)C(C)(C)O2)c(F)c1. The maximum atomic E-state index is 14.1. The highest BCUT2D eigenvalue weighted by Gasteiger charge is 2.50. The molecule has 0 atom stereocenters. The van der Waals surface area contributed by atoms with E-state index >= 15 is 0 Å². The van der Waals surface area contributed by atoms with Gasteiger partial charge in [-0.3, -0.25) is 0 Å². The first-order valence-electron chi connectivity index (χ1n) is 6.88. The van der Waals surface area contributed by atoms with E-state index in [9.17, 15) is 9.18 Å². The van der Waals surface area contributed by atoms with Gasteiger partial charge in [0.25, 0.3) is 0 Å². The van der Waals surface area contributed by atoms with Crippen LogP contribution in [0.25, 0.3) is 0 Å². The van der Waals surface area contributed by atoms with Crippen molar-refractivity contribution in [2.24, 2.45) is 0 Å². The second-order valence-corrected chi connectivity index (χ2v) is 6.19. The van der Waals surface area contributed by atoms with Gasteiger partial charge in [0.2, 0.25) is 0 Å². The van der Waals surface area contributed by atoms with Crippen molar-refractivity contribution >= 4 is 13.1 Å². The van der Waals surface area contributed by atoms with Gasteiger partial charge in [-0.1, -0.05) is 6.07 Å². The van der Waals surface area contributed by atoms with Gasteiger partial charge in [0.1, 0.15) is 5.82 Å². The molecule has 2 rings (SSSR count). The number of halogens is 1. The van der Waals surface area contributed by atoms with E-state index in [4.69, 9.17) is 9.31 Å². The fourth-order valence-electron chi connectivity index (χ4n) is 2.19. The normalized spacial score (nSPS) is 19.6. The quantitative estimate of drug-likeness (QED) is 0.635. The zero-order chi connectivity index (χ0) is 15.8. The molecule has 0 bridgehead atoms. The molecule has 4 nitrogen and oxygen atoms in total. The minimum atomic E-state index is -0.559. The molecular formula is C15H20BFO4. The van der Waals surface area contributed by atoms with Crippen LogP contribution in [0, 0.1) is 5.82 Å². The van der Waals surface area contributed by atoms with Gasteiger partial charge in [0.05, 0.1) is 23.9 Å². The number of esters is 1. The molecule has 0 amide bonds. The maximum Gasteiger partial charge on any atom is 0.462 e. The third-order valence-corrected chi connectivity index (χ3v) is 4.16. The predicted molar refractivity (Wildman–Crippen MR) is 77.5 cm³/mol. The van der Waals surface area contributed by atoms with Crippen molar-refractivity contribution in [3.8, 4) is 0 Å². The fourth-order valence-corrected chi connectivity index (χ4v) is 2.19. The molecule has 21 heavy (non-hydrogen) atoms. The smallest absolute Gasteiger partial charge is 0.462 e. The van der Waals surface area contributed by atoms with Crippen LogP contribution in [-0.4, -0.2) is 31.4 Å². The standard InChI is InChI=1S/C15H20BFO4/c1-14(2)15(3,4)21-16(20-14)9-11-7-6-10(8-12(11)17)13(18)19-5/h6-8H,9H2,1-5H3. The summed E-state index contributed by atoms with van der Waals surface area (Å²) in [6.45, 7) is 7.79. The number of ether oxygens (including phenoxy) is 1. The summed E-state index contributed by atoms with van der Waals surface area (Å²) in [5.41, 5.74) is -0.256. The van der Waals surface area contributed by atoms with Gasteiger partial charge in [-0.25, -0.2) is 9.18 Å². The molecule has 1 aliphatic rings. The molecule has 1 heterocycles. The Kier molecular flexibility index (Phi) is 4.13. The number of hydrogen-bond donors (Lipinski definition) is 0. The highest BCUT2D eigenvalue weighted by atomic mass is 19.1. The lowest BCUT2D eigenvalue weighted by Gasteiger charge is -2.32. The molecule has 1 aliphatic heterocycles. The van der Waals surface area contributed by atoms with Crippen LogP contribution in [-0.2, 0) is 20.4 Å². The lowest BCUT2D eigenvalue weighted by molar-refractivity contribution is 0.00578. The molecule has 1 aromatic rings. The first kappa shape index (κ1) is 16.0. The summed E-state index contributed by atoms with van der Waals surface area (Å²) in [5.74, 6) is -1.02. The van der Waals surface area contributed by atoms with Crippen molar-refractivity contribution in [2.75, 3.05) is 7.11 Å². The van der Waals surface area contributed by atoms with Gasteiger partial charge in [0.15, 0.2) is 0 Å². The zero-order valence-electron chi connectivity index (χ0n) is 13.0. The summed E-state index contributed by atoms with van der Waals surface area (Å²) in [7, 11) is 0.756. The van der Waals surface area contributed by atoms with E-state index in [1.165, 1.54) is 19.2 Å². The van der Waals surface area contributed by atoms with Gasteiger partial charge in [-0.15, -0.1) is 0 Å². The summed E-state index contributed by atoms with van der Waals surface area (Å²) in [6, 6.07) is 4.27. The van der Waals surface area contributed by atoms with Gasteiger partial charge >= 0.3 is 13.1 Å². The fraction of sp³-hybridized carbons (Fsp3) is 0.533. The third kappa shape index (κ3) is 3.11. The molecule has 1 saturated heterocycles. The van der Waals surface area contributed by atoms with E-state index in [-0.39, 0.29) is 5.56 Å². The minimum Gasteiger partial charge on any atom is -0.465 e. The van der Waals surface area contributed by atoms with E-state index in [2.05, 4.69) is 4.74 Å². The maximum absolute atomic E-state index is 14.1. The summed E-state index contributed by atoms with van der Waals surface area (Å²) in [5, 5.41) is 0. The van der Waals surface area contributed by atoms with E-state index in [1.807, 2.05) is 27.7 Å². The molecule has 6 heteroatoms. The number of hydrogen-bond acceptors (Lipinski definition) is 4. The van der Waals surface area contributed by atoms with E-state index in [0.29, 0.717) is 11.9 Å². The van der Waals surface area contributed by atoms with Crippen LogP contribution < -0.4 is 0 Å². The van der Waals surface area contributed by atoms with E-state index in [0.717, 1.165) is 0 Å². The largest absolute Gasteiger partial charge is 0.465 e. The summed E-state index contributed by atoms with van der Waals surface area (Å²) in [4.78, 5) is 11.4. The van der Waals surface area contributed by atoms with Crippen LogP contribution in [0.5, 0.6) is 0 Å². The lowest BCUT2D eigenvalue weighted by atomic mass is 9.80. The number of rotatable bonds is 3. The number of carbonyl (C=O) groups is 1. The Hall–Kier alpha value is -1.40. The molecule has 1 aromatic carbocycles. The third-order valence-electron chi connectivity index (χ3n) is 4.16. The second-order valence-electron chi connectivity index (χ2n) is 6.19. The van der Waals surface area contributed by atoms with Crippen molar-refractivity contribution in [2.45, 2.75) is 45.2 Å². The Balaban J connectivity index is 2.13. The van der Waals surface area contributed by atoms with Crippen LogP contribution in [0.3, 0.4) is 0 Å². The van der Waals surface area contributed by atoms with E-state index in [1.54, 1.807) is 6.07 Å². The Bertz CT molecular complexity index is 541. The number of benzene rings is 1. The monoisotopic (exact) mass is 294 g/mol. The topological polar surface area (TPSA) is 44.8 Å². The molecule has 0 aliphatic carbocycles. The van der Waals surface area contributed by atoms with Crippen molar-refractivity contribution in [1.82, 2.24) is 0 Å². The van der Waals surface area contributed by atoms with Crippen LogP contribution >= 0.6 is 0 Å². The molecule has 0 unspecified atom stereocenters. The minimum absolute atomic E-state index is 0.188. The molecule has 114 valence electrons. The Morgan fingerprint density at radius 2 is 1.81 bits per heavy atom. The Morgan fingerprint density at radius 3 is 2.29 bits per heavy atom.